The van der Waals surface area contributed by atoms with E-state index in [0.717, 1.165) is 0 Å². The maximum absolute atomic E-state index is 9.73. The third-order valence-corrected chi connectivity index (χ3v) is 1.10. The van der Waals surface area contributed by atoms with Crippen LogP contribution >= 0.6 is 0 Å². The molecule has 0 bridgehead atoms. The summed E-state index contributed by atoms with van der Waals surface area (Å²) in [4.78, 5) is 13.1. The molecule has 0 atom stereocenters. The fourth-order valence-electron chi connectivity index (χ4n) is 0.520. The number of nitriles is 1. The summed E-state index contributed by atoms with van der Waals surface area (Å²) in [5.41, 5.74) is -0.271. The maximum atomic E-state index is 9.73. The minimum Gasteiger partial charge on any atom is -0.427 e. The molecule has 0 aromatic rings. The molecule has 0 spiro atoms. The van der Waals surface area contributed by atoms with Crippen LogP contribution in [0.15, 0.2) is 4.99 Å². The fraction of sp³-hybridized carbons (Fsp3) is 0.714. The summed E-state index contributed by atoms with van der Waals surface area (Å²) in [6.45, 7) is 4.31. The van der Waals surface area contributed by atoms with E-state index in [2.05, 4.69) is 9.73 Å². The minimum atomic E-state index is -0.271. The van der Waals surface area contributed by atoms with Crippen LogP contribution in [-0.2, 0) is 9.53 Å². The molecule has 0 aromatic carbocycles. The van der Waals surface area contributed by atoms with Crippen molar-refractivity contribution in [3.63, 3.8) is 0 Å². The van der Waals surface area contributed by atoms with Gasteiger partial charge in [0.15, 0.2) is 0 Å². The number of hydrogen-bond donors (Lipinski definition) is 0. The molecule has 0 aliphatic rings. The lowest BCUT2D eigenvalue weighted by atomic mass is 9.95. The summed E-state index contributed by atoms with van der Waals surface area (Å²) >= 11 is 0. The van der Waals surface area contributed by atoms with Crippen LogP contribution in [-0.4, -0.2) is 19.2 Å². The number of rotatable bonds is 4. The monoisotopic (exact) mass is 154 g/mol. The number of aliphatic imine (C=N–C) groups is 1. The van der Waals surface area contributed by atoms with Crippen LogP contribution in [0.1, 0.15) is 13.8 Å². The Kier molecular flexibility index (Phi) is 3.94. The Bertz CT molecular complexity index is 199. The second-order valence-electron chi connectivity index (χ2n) is 2.95. The molecule has 11 heavy (non-hydrogen) atoms. The number of hydrogen-bond acceptors (Lipinski definition) is 4. The first-order valence-corrected chi connectivity index (χ1v) is 3.17. The average molecular weight is 154 g/mol. The average Bonchev–Trinajstić information content (AvgIpc) is 1.97. The Morgan fingerprint density at radius 2 is 2.27 bits per heavy atom. The van der Waals surface area contributed by atoms with Crippen LogP contribution in [0.4, 0.5) is 0 Å². The molecule has 0 radical (unpaired) electrons. The minimum absolute atomic E-state index is 0.271. The number of isocyanates is 1. The van der Waals surface area contributed by atoms with Crippen molar-refractivity contribution in [2.24, 2.45) is 10.4 Å². The van der Waals surface area contributed by atoms with E-state index in [-0.39, 0.29) is 12.0 Å². The van der Waals surface area contributed by atoms with Crippen LogP contribution in [0.5, 0.6) is 0 Å². The molecular formula is C7H10N2O2. The molecule has 0 saturated heterocycles. The van der Waals surface area contributed by atoms with Gasteiger partial charge in [-0.2, -0.15) is 5.26 Å². The maximum Gasteiger partial charge on any atom is 0.286 e. The topological polar surface area (TPSA) is 62.4 Å². The van der Waals surface area contributed by atoms with Gasteiger partial charge in [-0.25, -0.2) is 9.79 Å². The van der Waals surface area contributed by atoms with Gasteiger partial charge in [0, 0.05) is 5.41 Å². The Morgan fingerprint density at radius 3 is 2.73 bits per heavy atom. The third-order valence-electron chi connectivity index (χ3n) is 1.10. The van der Waals surface area contributed by atoms with Gasteiger partial charge in [-0.3, -0.25) is 0 Å². The van der Waals surface area contributed by atoms with Crippen LogP contribution in [0, 0.1) is 16.9 Å². The zero-order valence-corrected chi connectivity index (χ0v) is 6.63. The quantitative estimate of drug-likeness (QED) is 0.342. The van der Waals surface area contributed by atoms with Crippen molar-refractivity contribution in [1.29, 1.82) is 5.26 Å². The van der Waals surface area contributed by atoms with Gasteiger partial charge in [-0.05, 0) is 0 Å². The van der Waals surface area contributed by atoms with E-state index in [0.29, 0.717) is 6.54 Å². The molecule has 0 aromatic heterocycles. The molecule has 0 saturated carbocycles. The first-order chi connectivity index (χ1) is 5.12. The first-order valence-electron chi connectivity index (χ1n) is 3.17. The Hall–Kier alpha value is -1.33. The second kappa shape index (κ2) is 4.48. The summed E-state index contributed by atoms with van der Waals surface area (Å²) in [6, 6.07) is 0. The molecule has 60 valence electrons. The van der Waals surface area contributed by atoms with Gasteiger partial charge < -0.3 is 4.74 Å². The van der Waals surface area contributed by atoms with Crippen molar-refractivity contribution < 1.29 is 9.53 Å². The summed E-state index contributed by atoms with van der Waals surface area (Å²) in [7, 11) is 0. The first kappa shape index (κ1) is 9.67. The normalized spacial score (nSPS) is 9.55. The standard InChI is InChI=1S/C7H10N2O2/c1-7(2,3-9-6-10)4-11-5-8/h3-4H2,1-2H3. The summed E-state index contributed by atoms with van der Waals surface area (Å²) in [6.07, 6.45) is 3.00. The zero-order chi connectivity index (χ0) is 8.74. The molecule has 0 fully saturated rings. The molecule has 0 unspecified atom stereocenters. The summed E-state index contributed by atoms with van der Waals surface area (Å²) in [5.74, 6) is 0. The molecular weight excluding hydrogens is 144 g/mol. The lowest BCUT2D eigenvalue weighted by molar-refractivity contribution is 0.157. The van der Waals surface area contributed by atoms with Crippen molar-refractivity contribution >= 4 is 6.08 Å². The van der Waals surface area contributed by atoms with E-state index in [1.807, 2.05) is 13.8 Å². The zero-order valence-electron chi connectivity index (χ0n) is 6.63. The Labute approximate surface area is 65.5 Å². The second-order valence-corrected chi connectivity index (χ2v) is 2.95. The molecule has 4 heteroatoms. The van der Waals surface area contributed by atoms with Gasteiger partial charge in [0.05, 0.1) is 6.54 Å². The molecule has 0 aliphatic heterocycles. The van der Waals surface area contributed by atoms with Crippen LogP contribution in [0.3, 0.4) is 0 Å². The van der Waals surface area contributed by atoms with E-state index in [4.69, 9.17) is 5.26 Å². The molecule has 0 amide bonds. The molecule has 0 N–H and O–H groups in total. The van der Waals surface area contributed by atoms with Gasteiger partial charge in [0.2, 0.25) is 6.08 Å². The Balaban J connectivity index is 3.80. The van der Waals surface area contributed by atoms with Gasteiger partial charge in [-0.15, -0.1) is 0 Å². The number of nitrogens with zero attached hydrogens (tertiary/aromatic N) is 2. The highest BCUT2D eigenvalue weighted by Gasteiger charge is 2.17. The molecule has 4 nitrogen and oxygen atoms in total. The molecule has 0 rings (SSSR count). The summed E-state index contributed by atoms with van der Waals surface area (Å²) < 4.78 is 4.51. The number of carbonyl (C=O) groups excluding carboxylic acids is 1. The predicted octanol–water partition coefficient (Wildman–Crippen LogP) is 0.846. The largest absolute Gasteiger partial charge is 0.427 e. The summed E-state index contributed by atoms with van der Waals surface area (Å²) in [5, 5.41) is 8.07. The SMILES string of the molecule is CC(C)(CN=C=O)COC#N. The van der Waals surface area contributed by atoms with Crippen LogP contribution in [0.2, 0.25) is 0 Å². The lowest BCUT2D eigenvalue weighted by Gasteiger charge is -2.18. The van der Waals surface area contributed by atoms with Gasteiger partial charge in [-0.1, -0.05) is 13.8 Å². The van der Waals surface area contributed by atoms with Crippen molar-refractivity contribution in [2.45, 2.75) is 13.8 Å². The van der Waals surface area contributed by atoms with E-state index in [9.17, 15) is 4.79 Å². The van der Waals surface area contributed by atoms with Crippen molar-refractivity contribution in [3.8, 4) is 6.26 Å². The molecule has 0 aliphatic carbocycles. The highest BCUT2D eigenvalue weighted by Crippen LogP contribution is 2.14. The predicted molar refractivity (Wildman–Crippen MR) is 38.3 cm³/mol. The number of ether oxygens (including phenoxy) is 1. The third kappa shape index (κ3) is 5.13. The van der Waals surface area contributed by atoms with Crippen LogP contribution in [0.25, 0.3) is 0 Å². The lowest BCUT2D eigenvalue weighted by Crippen LogP contribution is -2.21. The van der Waals surface area contributed by atoms with Gasteiger partial charge in [0.1, 0.15) is 6.61 Å². The van der Waals surface area contributed by atoms with Gasteiger partial charge >= 0.3 is 0 Å². The molecule has 0 heterocycles. The van der Waals surface area contributed by atoms with E-state index >= 15 is 0 Å². The van der Waals surface area contributed by atoms with Crippen molar-refractivity contribution in [1.82, 2.24) is 0 Å². The van der Waals surface area contributed by atoms with Crippen molar-refractivity contribution in [3.05, 3.63) is 0 Å². The van der Waals surface area contributed by atoms with Crippen LogP contribution < -0.4 is 0 Å². The van der Waals surface area contributed by atoms with E-state index in [1.54, 1.807) is 6.26 Å². The van der Waals surface area contributed by atoms with Gasteiger partial charge in [0.25, 0.3) is 6.26 Å². The van der Waals surface area contributed by atoms with E-state index in [1.165, 1.54) is 6.08 Å². The van der Waals surface area contributed by atoms with Crippen molar-refractivity contribution in [2.75, 3.05) is 13.2 Å². The Morgan fingerprint density at radius 1 is 1.64 bits per heavy atom. The highest BCUT2D eigenvalue weighted by atomic mass is 16.5. The van der Waals surface area contributed by atoms with E-state index < -0.39 is 0 Å². The fourth-order valence-corrected chi connectivity index (χ4v) is 0.520. The smallest absolute Gasteiger partial charge is 0.286 e. The highest BCUT2D eigenvalue weighted by molar-refractivity contribution is 5.32.